The number of carbonyl (C=O) groups excluding carboxylic acids is 1. The Morgan fingerprint density at radius 1 is 1.06 bits per heavy atom. The number of alkyl halides is 1. The predicted molar refractivity (Wildman–Crippen MR) is 202 cm³/mol. The van der Waals surface area contributed by atoms with Crippen LogP contribution >= 0.6 is 0 Å². The molecule has 5 atom stereocenters. The largest absolute Gasteiger partial charge is 0.475 e. The number of nitrogens with zero attached hydrogens (tertiary/aromatic N) is 6. The summed E-state index contributed by atoms with van der Waals surface area (Å²) in [7, 11) is 1.60. The van der Waals surface area contributed by atoms with E-state index in [-0.39, 0.29) is 42.6 Å². The van der Waals surface area contributed by atoms with Crippen LogP contribution in [0.15, 0.2) is 36.4 Å². The van der Waals surface area contributed by atoms with Crippen LogP contribution in [0.1, 0.15) is 65.4 Å². The zero-order chi connectivity index (χ0) is 37.4. The maximum absolute atomic E-state index is 14.7. The highest BCUT2D eigenvalue weighted by Gasteiger charge is 2.52. The number of amides is 1. The van der Waals surface area contributed by atoms with E-state index in [0.717, 1.165) is 55.0 Å². The molecule has 2 bridgehead atoms. The van der Waals surface area contributed by atoms with E-state index in [4.69, 9.17) is 38.6 Å². The molecule has 2 aromatic heterocycles. The Morgan fingerprint density at radius 2 is 1.93 bits per heavy atom. The van der Waals surface area contributed by atoms with Crippen molar-refractivity contribution in [1.29, 1.82) is 0 Å². The number of hydrogen-bond donors (Lipinski definition) is 0. The molecule has 0 aliphatic carbocycles. The Bertz CT molecular complexity index is 2110. The molecule has 0 N–H and O–H groups in total. The van der Waals surface area contributed by atoms with E-state index in [0.29, 0.717) is 66.8 Å². The number of aryl methyl sites for hydroxylation is 1. The molecule has 0 radical (unpaired) electrons. The molecule has 0 unspecified atom stereocenters. The van der Waals surface area contributed by atoms with Gasteiger partial charge in [0.25, 0.3) is 0 Å². The molecule has 5 aliphatic rings. The smallest absolute Gasteiger partial charge is 0.410 e. The molecule has 5 aliphatic heterocycles. The molecule has 7 heterocycles. The minimum atomic E-state index is -0.867. The van der Waals surface area contributed by atoms with Crippen molar-refractivity contribution in [1.82, 2.24) is 24.8 Å². The third-order valence-electron chi connectivity index (χ3n) is 11.9. The molecule has 0 spiro atoms. The van der Waals surface area contributed by atoms with E-state index in [2.05, 4.69) is 34.9 Å². The first kappa shape index (κ1) is 35.2. The first-order chi connectivity index (χ1) is 26.0. The first-order valence-electron chi connectivity index (χ1n) is 19.4. The third kappa shape index (κ3) is 6.03. The van der Waals surface area contributed by atoms with Crippen molar-refractivity contribution in [2.75, 3.05) is 51.7 Å². The lowest BCUT2D eigenvalue weighted by atomic mass is 9.95. The minimum absolute atomic E-state index is 0.0520. The SMILES string of the molecule is CCc1cccc2cc(OCOC)cc(-c3cc4nc(OC[C@@]56CCCN5C[C@@H](F)C6)nc5c4c(n3)OC[C@@H]3[C@H]4CC[C@@H](CN53)N4C(=O)OC(C)(C)C)c12. The van der Waals surface area contributed by atoms with Crippen LogP contribution in [0.4, 0.5) is 15.0 Å². The van der Waals surface area contributed by atoms with Gasteiger partial charge in [0.15, 0.2) is 6.79 Å². The standard InChI is InChI=1S/C41H49FN6O6/c1-6-24-9-7-10-25-15-28(53-23-50-5)16-29(34(24)25)30-17-31-35-36(45-38(44-31)52-22-41-13-8-14-46(41)19-26(42)18-41)47-20-27-11-12-32(33(47)21-51-37(35)43-30)48(27)39(49)54-40(2,3)4/h7,9-10,15-17,26-27,32-33H,6,8,11-14,18-23H2,1-5H3/t26-,27-,32+,33+,41-/m0/s1. The topological polar surface area (TPSA) is 112 Å². The number of methoxy groups -OCH3 is 1. The van der Waals surface area contributed by atoms with Gasteiger partial charge in [-0.1, -0.05) is 25.1 Å². The van der Waals surface area contributed by atoms with E-state index in [9.17, 15) is 9.18 Å². The van der Waals surface area contributed by atoms with Crippen LogP contribution in [0.2, 0.25) is 0 Å². The van der Waals surface area contributed by atoms with Gasteiger partial charge < -0.3 is 28.6 Å². The fraction of sp³-hybridized carbons (Fsp3) is 0.561. The predicted octanol–water partition coefficient (Wildman–Crippen LogP) is 6.69. The minimum Gasteiger partial charge on any atom is -0.475 e. The monoisotopic (exact) mass is 740 g/mol. The Labute approximate surface area is 314 Å². The second-order valence-corrected chi connectivity index (χ2v) is 16.5. The van der Waals surface area contributed by atoms with Gasteiger partial charge >= 0.3 is 12.1 Å². The Morgan fingerprint density at radius 3 is 2.74 bits per heavy atom. The number of piperazine rings is 1. The van der Waals surface area contributed by atoms with Crippen molar-refractivity contribution >= 4 is 33.6 Å². The summed E-state index contributed by atoms with van der Waals surface area (Å²) in [5, 5.41) is 2.81. The van der Waals surface area contributed by atoms with Gasteiger partial charge in [0.05, 0.1) is 34.9 Å². The number of pyridine rings is 1. The fourth-order valence-corrected chi connectivity index (χ4v) is 9.68. The molecular weight excluding hydrogens is 691 g/mol. The summed E-state index contributed by atoms with van der Waals surface area (Å²) in [5.41, 5.74) is 2.41. The van der Waals surface area contributed by atoms with Crippen molar-refractivity contribution in [2.45, 2.75) is 102 Å². The molecule has 4 saturated heterocycles. The number of anilines is 1. The van der Waals surface area contributed by atoms with Crippen LogP contribution in [0, 0.1) is 0 Å². The Kier molecular flexibility index (Phi) is 8.72. The zero-order valence-corrected chi connectivity index (χ0v) is 31.8. The molecule has 1 amide bonds. The quantitative estimate of drug-likeness (QED) is 0.180. The van der Waals surface area contributed by atoms with Crippen molar-refractivity contribution in [3.05, 3.63) is 42.0 Å². The summed E-state index contributed by atoms with van der Waals surface area (Å²) in [6.07, 6.45) is 3.69. The van der Waals surface area contributed by atoms with Gasteiger partial charge in [-0.3, -0.25) is 9.80 Å². The van der Waals surface area contributed by atoms with Crippen LogP contribution < -0.4 is 19.1 Å². The number of hydrogen-bond acceptors (Lipinski definition) is 11. The molecule has 13 heteroatoms. The second-order valence-electron chi connectivity index (χ2n) is 16.5. The number of benzene rings is 2. The highest BCUT2D eigenvalue weighted by atomic mass is 19.1. The highest BCUT2D eigenvalue weighted by molar-refractivity contribution is 6.03. The molecule has 12 nitrogen and oxygen atoms in total. The number of fused-ring (bicyclic) bond motifs is 7. The number of rotatable bonds is 8. The number of aromatic nitrogens is 3. The molecule has 4 fully saturated rings. The van der Waals surface area contributed by atoms with Gasteiger partial charge in [-0.25, -0.2) is 14.2 Å². The molecule has 2 aromatic carbocycles. The number of halogens is 1. The van der Waals surface area contributed by atoms with Crippen LogP contribution in [0.25, 0.3) is 32.9 Å². The van der Waals surface area contributed by atoms with Crippen molar-refractivity contribution in [2.24, 2.45) is 0 Å². The van der Waals surface area contributed by atoms with Crippen LogP contribution in [-0.4, -0.2) is 113 Å². The van der Waals surface area contributed by atoms with Crippen molar-refractivity contribution < 1.29 is 32.9 Å². The lowest BCUT2D eigenvalue weighted by Gasteiger charge is -2.46. The van der Waals surface area contributed by atoms with E-state index in [1.165, 1.54) is 5.56 Å². The van der Waals surface area contributed by atoms with Crippen molar-refractivity contribution in [3.8, 4) is 28.9 Å². The van der Waals surface area contributed by atoms with Crippen molar-refractivity contribution in [3.63, 3.8) is 0 Å². The summed E-state index contributed by atoms with van der Waals surface area (Å²) in [5.74, 6) is 1.77. The lowest BCUT2D eigenvalue weighted by molar-refractivity contribution is 0.00537. The van der Waals surface area contributed by atoms with Gasteiger partial charge in [-0.2, -0.15) is 9.97 Å². The summed E-state index contributed by atoms with van der Waals surface area (Å²) < 4.78 is 45.1. The molecule has 9 rings (SSSR count). The van der Waals surface area contributed by atoms with Gasteiger partial charge in [0, 0.05) is 32.2 Å². The maximum Gasteiger partial charge on any atom is 0.410 e. The summed E-state index contributed by atoms with van der Waals surface area (Å²) >= 11 is 0. The van der Waals surface area contributed by atoms with Crippen LogP contribution in [0.5, 0.6) is 17.6 Å². The van der Waals surface area contributed by atoms with Gasteiger partial charge in [0.1, 0.15) is 41.9 Å². The Hall–Kier alpha value is -4.49. The number of carbonyl (C=O) groups is 1. The third-order valence-corrected chi connectivity index (χ3v) is 11.9. The fourth-order valence-electron chi connectivity index (χ4n) is 9.68. The lowest BCUT2D eigenvalue weighted by Crippen LogP contribution is -2.63. The van der Waals surface area contributed by atoms with E-state index < -0.39 is 11.8 Å². The zero-order valence-electron chi connectivity index (χ0n) is 31.8. The van der Waals surface area contributed by atoms with Crippen LogP contribution in [0.3, 0.4) is 0 Å². The number of ether oxygens (including phenoxy) is 5. The normalized spacial score (nSPS) is 26.1. The highest BCUT2D eigenvalue weighted by Crippen LogP contribution is 2.46. The summed E-state index contributed by atoms with van der Waals surface area (Å²) in [6, 6.07) is 12.1. The van der Waals surface area contributed by atoms with Gasteiger partial charge in [-0.05, 0) is 94.0 Å². The molecule has 4 aromatic rings. The Balaban J connectivity index is 1.17. The van der Waals surface area contributed by atoms with Gasteiger partial charge in [0.2, 0.25) is 5.88 Å². The van der Waals surface area contributed by atoms with Crippen LogP contribution in [-0.2, 0) is 15.9 Å². The first-order valence-corrected chi connectivity index (χ1v) is 19.4. The molecule has 0 saturated carbocycles. The van der Waals surface area contributed by atoms with E-state index >= 15 is 0 Å². The molecule has 286 valence electrons. The average molecular weight is 741 g/mol. The maximum atomic E-state index is 14.7. The average Bonchev–Trinajstić information content (AvgIpc) is 3.75. The molecule has 54 heavy (non-hydrogen) atoms. The summed E-state index contributed by atoms with van der Waals surface area (Å²) in [6.45, 7) is 10.4. The van der Waals surface area contributed by atoms with E-state index in [1.54, 1.807) is 7.11 Å². The van der Waals surface area contributed by atoms with E-state index in [1.807, 2.05) is 43.9 Å². The summed E-state index contributed by atoms with van der Waals surface area (Å²) in [4.78, 5) is 35.4. The molecular formula is C41H49FN6O6. The van der Waals surface area contributed by atoms with Gasteiger partial charge in [-0.15, -0.1) is 0 Å². The second kappa shape index (κ2) is 13.4.